The van der Waals surface area contributed by atoms with Gasteiger partial charge in [-0.25, -0.2) is 0 Å². The molecular formula is C37H41N. The molecule has 0 saturated heterocycles. The van der Waals surface area contributed by atoms with E-state index in [1.807, 2.05) is 0 Å². The molecule has 0 unspecified atom stereocenters. The maximum absolute atomic E-state index is 9.91. The summed E-state index contributed by atoms with van der Waals surface area (Å²) in [5.41, 5.74) is 11.1. The lowest BCUT2D eigenvalue weighted by atomic mass is 9.77. The van der Waals surface area contributed by atoms with Crippen LogP contribution in [0.15, 0.2) is 91.0 Å². The van der Waals surface area contributed by atoms with Crippen LogP contribution in [0.1, 0.15) is 90.7 Å². The second-order valence-corrected chi connectivity index (χ2v) is 12.6. The van der Waals surface area contributed by atoms with E-state index in [-0.39, 0.29) is 11.0 Å². The highest BCUT2D eigenvalue weighted by Gasteiger charge is 2.38. The lowest BCUT2D eigenvalue weighted by molar-refractivity contribution is 0.441. The number of fused-ring (bicyclic) bond motifs is 3. The zero-order valence-corrected chi connectivity index (χ0v) is 23.6. The molecule has 0 aliphatic heterocycles. The number of hydrogen-bond acceptors (Lipinski definition) is 1. The average Bonchev–Trinajstić information content (AvgIpc) is 3.15. The molecule has 4 aromatic rings. The Labute approximate surface area is 231 Å². The first-order valence-corrected chi connectivity index (χ1v) is 14.3. The first-order chi connectivity index (χ1) is 18.6. The van der Waals surface area contributed by atoms with Gasteiger partial charge in [0.05, 0.1) is 0 Å². The summed E-state index contributed by atoms with van der Waals surface area (Å²) in [5.74, 6) is -0.585. The number of rotatable bonds is 4. The Morgan fingerprint density at radius 1 is 0.684 bits per heavy atom. The summed E-state index contributed by atoms with van der Waals surface area (Å²) in [6, 6.07) is 33.3. The van der Waals surface area contributed by atoms with Gasteiger partial charge in [0.15, 0.2) is 0 Å². The van der Waals surface area contributed by atoms with E-state index in [1.54, 1.807) is 0 Å². The molecule has 38 heavy (non-hydrogen) atoms. The molecule has 4 aromatic carbocycles. The summed E-state index contributed by atoms with van der Waals surface area (Å²) < 4.78 is 9.91. The zero-order valence-electron chi connectivity index (χ0n) is 24.6. The van der Waals surface area contributed by atoms with Crippen molar-refractivity contribution in [2.24, 2.45) is 0 Å². The minimum Gasteiger partial charge on any atom is -0.335 e. The van der Waals surface area contributed by atoms with Crippen LogP contribution in [0, 0.1) is 0 Å². The summed E-state index contributed by atoms with van der Waals surface area (Å²) in [6.45, 7) is 11.6. The van der Waals surface area contributed by atoms with E-state index in [2.05, 4.69) is 131 Å². The lowest BCUT2D eigenvalue weighted by Crippen LogP contribution is -2.39. The van der Waals surface area contributed by atoms with E-state index in [9.17, 15) is 1.37 Å². The highest BCUT2D eigenvalue weighted by atomic mass is 15.2. The van der Waals surface area contributed by atoms with E-state index in [4.69, 9.17) is 0 Å². The van der Waals surface area contributed by atoms with E-state index in [1.165, 1.54) is 56.7 Å². The number of para-hydroxylation sites is 1. The van der Waals surface area contributed by atoms with Crippen molar-refractivity contribution in [2.45, 2.75) is 83.6 Å². The van der Waals surface area contributed by atoms with Crippen LogP contribution in [0.25, 0.3) is 22.3 Å². The van der Waals surface area contributed by atoms with Gasteiger partial charge in [-0.1, -0.05) is 112 Å². The van der Waals surface area contributed by atoms with Crippen LogP contribution in [0.5, 0.6) is 0 Å². The minimum absolute atomic E-state index is 0.0846. The highest BCUT2D eigenvalue weighted by molar-refractivity contribution is 5.89. The predicted octanol–water partition coefficient (Wildman–Crippen LogP) is 10.6. The fourth-order valence-electron chi connectivity index (χ4n) is 6.84. The van der Waals surface area contributed by atoms with Gasteiger partial charge >= 0.3 is 0 Å². The SMILES string of the molecule is [2H]C1(c2cc3c(cc2N(c2ccccc2-c2ccccc2)C(C)(C)C)-c2ccccc2C3(C)C)CCCCC1. The molecule has 1 saturated carbocycles. The zero-order chi connectivity index (χ0) is 27.4. The van der Waals surface area contributed by atoms with Gasteiger partial charge in [-0.2, -0.15) is 0 Å². The third-order valence-electron chi connectivity index (χ3n) is 8.68. The van der Waals surface area contributed by atoms with Crippen LogP contribution in [-0.4, -0.2) is 5.54 Å². The van der Waals surface area contributed by atoms with Gasteiger partial charge in [0, 0.05) is 29.3 Å². The number of hydrogen-bond donors (Lipinski definition) is 0. The van der Waals surface area contributed by atoms with Crippen molar-refractivity contribution in [1.29, 1.82) is 0 Å². The van der Waals surface area contributed by atoms with Gasteiger partial charge in [-0.3, -0.25) is 0 Å². The molecule has 0 atom stereocenters. The monoisotopic (exact) mass is 500 g/mol. The second kappa shape index (κ2) is 9.45. The second-order valence-electron chi connectivity index (χ2n) is 12.6. The van der Waals surface area contributed by atoms with E-state index in [0.717, 1.165) is 25.7 Å². The Balaban J connectivity index is 1.66. The molecule has 0 radical (unpaired) electrons. The molecule has 0 heterocycles. The van der Waals surface area contributed by atoms with Crippen LogP contribution >= 0.6 is 0 Å². The Hall–Kier alpha value is -3.32. The number of benzene rings is 4. The molecule has 0 amide bonds. The molecule has 1 heteroatoms. The minimum atomic E-state index is -0.585. The van der Waals surface area contributed by atoms with Gasteiger partial charge < -0.3 is 4.90 Å². The van der Waals surface area contributed by atoms with Crippen molar-refractivity contribution in [3.63, 3.8) is 0 Å². The molecule has 194 valence electrons. The van der Waals surface area contributed by atoms with Gasteiger partial charge in [0.2, 0.25) is 0 Å². The van der Waals surface area contributed by atoms with Crippen LogP contribution in [0.3, 0.4) is 0 Å². The predicted molar refractivity (Wildman–Crippen MR) is 164 cm³/mol. The maximum Gasteiger partial charge on any atom is 0.0495 e. The smallest absolute Gasteiger partial charge is 0.0495 e. The Kier molecular flexibility index (Phi) is 5.91. The van der Waals surface area contributed by atoms with E-state index < -0.39 is 5.89 Å². The summed E-state index contributed by atoms with van der Waals surface area (Å²) in [7, 11) is 0. The van der Waals surface area contributed by atoms with E-state index >= 15 is 0 Å². The third-order valence-corrected chi connectivity index (χ3v) is 8.68. The summed E-state index contributed by atoms with van der Waals surface area (Å²) in [6.07, 6.45) is 5.33. The van der Waals surface area contributed by atoms with Crippen LogP contribution in [0.4, 0.5) is 11.4 Å². The van der Waals surface area contributed by atoms with Crippen molar-refractivity contribution in [3.8, 4) is 22.3 Å². The Morgan fingerprint density at radius 2 is 1.32 bits per heavy atom. The molecular weight excluding hydrogens is 458 g/mol. The number of nitrogens with zero attached hydrogens (tertiary/aromatic N) is 1. The molecule has 2 aliphatic carbocycles. The fraction of sp³-hybridized carbons (Fsp3) is 0.351. The maximum atomic E-state index is 9.91. The summed E-state index contributed by atoms with van der Waals surface area (Å²) in [4.78, 5) is 2.53. The van der Waals surface area contributed by atoms with Crippen molar-refractivity contribution in [3.05, 3.63) is 108 Å². The molecule has 2 aliphatic rings. The van der Waals surface area contributed by atoms with Crippen LogP contribution in [-0.2, 0) is 5.41 Å². The summed E-state index contributed by atoms with van der Waals surface area (Å²) in [5, 5.41) is 0. The fourth-order valence-corrected chi connectivity index (χ4v) is 6.84. The standard InChI is InChI=1S/C37H41N/c1-36(2,3)38(34-23-15-13-20-28(34)26-16-8-6-9-17-26)35-25-31-29-21-12-14-22-32(29)37(4,5)33(31)24-30(35)27-18-10-7-11-19-27/h6,8-9,12-17,20-25,27H,7,10-11,18-19H2,1-5H3/i27D. The van der Waals surface area contributed by atoms with Gasteiger partial charge in [-0.05, 0) is 85.0 Å². The van der Waals surface area contributed by atoms with Crippen molar-refractivity contribution in [2.75, 3.05) is 4.90 Å². The first kappa shape index (κ1) is 23.8. The molecule has 1 nitrogen and oxygen atoms in total. The van der Waals surface area contributed by atoms with Gasteiger partial charge in [0.1, 0.15) is 0 Å². The van der Waals surface area contributed by atoms with Crippen molar-refractivity contribution in [1.82, 2.24) is 0 Å². The quantitative estimate of drug-likeness (QED) is 0.269. The largest absolute Gasteiger partial charge is 0.335 e. The Morgan fingerprint density at radius 3 is 2.03 bits per heavy atom. The highest BCUT2D eigenvalue weighted by Crippen LogP contribution is 2.54. The van der Waals surface area contributed by atoms with Gasteiger partial charge in [-0.15, -0.1) is 0 Å². The molecule has 0 aromatic heterocycles. The van der Waals surface area contributed by atoms with Crippen LogP contribution < -0.4 is 4.90 Å². The molecule has 0 N–H and O–H groups in total. The van der Waals surface area contributed by atoms with Crippen LogP contribution in [0.2, 0.25) is 0 Å². The van der Waals surface area contributed by atoms with Crippen molar-refractivity contribution >= 4 is 11.4 Å². The van der Waals surface area contributed by atoms with E-state index in [0.29, 0.717) is 0 Å². The normalized spacial score (nSPS) is 17.9. The molecule has 1 fully saturated rings. The topological polar surface area (TPSA) is 3.24 Å². The lowest BCUT2D eigenvalue weighted by Gasteiger charge is -2.42. The molecule has 6 rings (SSSR count). The first-order valence-electron chi connectivity index (χ1n) is 14.8. The van der Waals surface area contributed by atoms with Gasteiger partial charge in [0.25, 0.3) is 0 Å². The van der Waals surface area contributed by atoms with Crippen molar-refractivity contribution < 1.29 is 1.37 Å². The summed E-state index contributed by atoms with van der Waals surface area (Å²) >= 11 is 0. The third kappa shape index (κ3) is 4.17. The molecule has 0 spiro atoms. The number of anilines is 2. The molecule has 0 bridgehead atoms. The Bertz CT molecular complexity index is 1500. The average molecular weight is 501 g/mol.